The molecule has 102 valence electrons. The van der Waals surface area contributed by atoms with Gasteiger partial charge in [-0.25, -0.2) is 0 Å². The lowest BCUT2D eigenvalue weighted by molar-refractivity contribution is 0.130. The Hall–Kier alpha value is -0.0800. The van der Waals surface area contributed by atoms with Crippen molar-refractivity contribution in [1.82, 2.24) is 10.2 Å². The molecule has 1 fully saturated rings. The zero-order chi connectivity index (χ0) is 12.7. The summed E-state index contributed by atoms with van der Waals surface area (Å²) in [5.41, 5.74) is 0. The number of nitrogens with one attached hydrogen (secondary N) is 1. The van der Waals surface area contributed by atoms with E-state index in [1.165, 1.54) is 45.3 Å². The molecule has 17 heavy (non-hydrogen) atoms. The molecule has 0 aromatic carbocycles. The summed E-state index contributed by atoms with van der Waals surface area (Å²) in [4.78, 5) is 2.65. The Balaban J connectivity index is 1.99. The maximum absolute atomic E-state index is 3.58. The highest BCUT2D eigenvalue weighted by Gasteiger charge is 2.21. The molecule has 1 aliphatic rings. The SMILES string of the molecule is CC(C)CCCNCCN1CCC(C)CC1C. The van der Waals surface area contributed by atoms with E-state index in [1.807, 2.05) is 0 Å². The number of nitrogens with zero attached hydrogens (tertiary/aromatic N) is 1. The van der Waals surface area contributed by atoms with Gasteiger partial charge >= 0.3 is 0 Å². The van der Waals surface area contributed by atoms with Crippen molar-refractivity contribution in [3.8, 4) is 0 Å². The van der Waals surface area contributed by atoms with E-state index in [9.17, 15) is 0 Å². The van der Waals surface area contributed by atoms with Gasteiger partial charge in [0.25, 0.3) is 0 Å². The van der Waals surface area contributed by atoms with Crippen LogP contribution in [0, 0.1) is 11.8 Å². The third-order valence-electron chi connectivity index (χ3n) is 3.99. The molecule has 2 atom stereocenters. The lowest BCUT2D eigenvalue weighted by Crippen LogP contribution is -2.43. The minimum absolute atomic E-state index is 0.788. The summed E-state index contributed by atoms with van der Waals surface area (Å²) in [7, 11) is 0. The van der Waals surface area contributed by atoms with Crippen molar-refractivity contribution in [3.05, 3.63) is 0 Å². The molecule has 2 unspecified atom stereocenters. The van der Waals surface area contributed by atoms with Crippen LogP contribution in [0.1, 0.15) is 53.4 Å². The summed E-state index contributed by atoms with van der Waals surface area (Å²) < 4.78 is 0. The van der Waals surface area contributed by atoms with Gasteiger partial charge in [0.05, 0.1) is 0 Å². The summed E-state index contributed by atoms with van der Waals surface area (Å²) >= 11 is 0. The topological polar surface area (TPSA) is 15.3 Å². The first kappa shape index (κ1) is 15.0. The van der Waals surface area contributed by atoms with Gasteiger partial charge in [-0.2, -0.15) is 0 Å². The normalized spacial score (nSPS) is 26.6. The molecule has 1 heterocycles. The van der Waals surface area contributed by atoms with E-state index < -0.39 is 0 Å². The maximum atomic E-state index is 3.58. The zero-order valence-electron chi connectivity index (χ0n) is 12.3. The highest BCUT2D eigenvalue weighted by atomic mass is 15.2. The summed E-state index contributed by atoms with van der Waals surface area (Å²) in [5, 5.41) is 3.58. The van der Waals surface area contributed by atoms with Crippen molar-refractivity contribution in [2.24, 2.45) is 11.8 Å². The Bertz CT molecular complexity index is 191. The quantitative estimate of drug-likeness (QED) is 0.688. The summed E-state index contributed by atoms with van der Waals surface area (Å²) in [5.74, 6) is 1.78. The number of rotatable bonds is 7. The van der Waals surface area contributed by atoms with Crippen LogP contribution >= 0.6 is 0 Å². The van der Waals surface area contributed by atoms with Crippen molar-refractivity contribution >= 4 is 0 Å². The fourth-order valence-corrected chi connectivity index (χ4v) is 2.77. The van der Waals surface area contributed by atoms with Gasteiger partial charge in [-0.3, -0.25) is 4.90 Å². The summed E-state index contributed by atoms with van der Waals surface area (Å²) in [6.07, 6.45) is 5.44. The first-order chi connectivity index (χ1) is 8.09. The Morgan fingerprint density at radius 3 is 2.65 bits per heavy atom. The molecule has 1 N–H and O–H groups in total. The minimum Gasteiger partial charge on any atom is -0.315 e. The van der Waals surface area contributed by atoms with Crippen LogP contribution in [0.4, 0.5) is 0 Å². The predicted molar refractivity (Wildman–Crippen MR) is 76.4 cm³/mol. The van der Waals surface area contributed by atoms with Gasteiger partial charge in [0, 0.05) is 19.1 Å². The molecule has 0 amide bonds. The molecule has 2 nitrogen and oxygen atoms in total. The van der Waals surface area contributed by atoms with E-state index in [4.69, 9.17) is 0 Å². The second kappa shape index (κ2) is 8.10. The Kier molecular flexibility index (Phi) is 7.14. The average Bonchev–Trinajstić information content (AvgIpc) is 2.25. The fourth-order valence-electron chi connectivity index (χ4n) is 2.77. The molecule has 0 aromatic heterocycles. The molecular formula is C15H32N2. The van der Waals surface area contributed by atoms with E-state index in [-0.39, 0.29) is 0 Å². The van der Waals surface area contributed by atoms with E-state index in [0.29, 0.717) is 0 Å². The Labute approximate surface area is 108 Å². The van der Waals surface area contributed by atoms with Crippen molar-refractivity contribution in [3.63, 3.8) is 0 Å². The number of likely N-dealkylation sites (tertiary alicyclic amines) is 1. The lowest BCUT2D eigenvalue weighted by atomic mass is 9.93. The largest absolute Gasteiger partial charge is 0.315 e. The standard InChI is InChI=1S/C15H32N2/c1-13(2)6-5-8-16-9-11-17-10-7-14(3)12-15(17)4/h13-16H,5-12H2,1-4H3. The number of hydrogen-bond acceptors (Lipinski definition) is 2. The Morgan fingerprint density at radius 2 is 2.00 bits per heavy atom. The van der Waals surface area contributed by atoms with E-state index in [0.717, 1.165) is 24.4 Å². The smallest absolute Gasteiger partial charge is 0.0110 e. The molecule has 1 aliphatic heterocycles. The zero-order valence-corrected chi connectivity index (χ0v) is 12.3. The second-order valence-corrected chi connectivity index (χ2v) is 6.30. The van der Waals surface area contributed by atoms with Crippen LogP contribution in [0.2, 0.25) is 0 Å². The highest BCUT2D eigenvalue weighted by Crippen LogP contribution is 2.21. The van der Waals surface area contributed by atoms with Gasteiger partial charge in [0.1, 0.15) is 0 Å². The van der Waals surface area contributed by atoms with E-state index >= 15 is 0 Å². The molecular weight excluding hydrogens is 208 g/mol. The summed E-state index contributed by atoms with van der Waals surface area (Å²) in [6.45, 7) is 14.3. The van der Waals surface area contributed by atoms with Crippen molar-refractivity contribution in [1.29, 1.82) is 0 Å². The van der Waals surface area contributed by atoms with Crippen LogP contribution < -0.4 is 5.32 Å². The van der Waals surface area contributed by atoms with Crippen LogP contribution in [-0.2, 0) is 0 Å². The van der Waals surface area contributed by atoms with Gasteiger partial charge in [-0.15, -0.1) is 0 Å². The first-order valence-corrected chi connectivity index (χ1v) is 7.54. The third-order valence-corrected chi connectivity index (χ3v) is 3.99. The van der Waals surface area contributed by atoms with Gasteiger partial charge in [0.2, 0.25) is 0 Å². The Morgan fingerprint density at radius 1 is 1.24 bits per heavy atom. The van der Waals surface area contributed by atoms with E-state index in [2.05, 4.69) is 37.9 Å². The highest BCUT2D eigenvalue weighted by molar-refractivity contribution is 4.77. The van der Waals surface area contributed by atoms with Crippen molar-refractivity contribution < 1.29 is 0 Å². The van der Waals surface area contributed by atoms with E-state index in [1.54, 1.807) is 0 Å². The van der Waals surface area contributed by atoms with Gasteiger partial charge in [-0.05, 0) is 57.5 Å². The molecule has 1 rings (SSSR count). The first-order valence-electron chi connectivity index (χ1n) is 7.54. The molecule has 0 bridgehead atoms. The predicted octanol–water partition coefficient (Wildman–Crippen LogP) is 3.13. The molecule has 0 radical (unpaired) electrons. The number of piperidine rings is 1. The van der Waals surface area contributed by atoms with Crippen LogP contribution in [0.5, 0.6) is 0 Å². The van der Waals surface area contributed by atoms with Crippen LogP contribution in [0.25, 0.3) is 0 Å². The van der Waals surface area contributed by atoms with Gasteiger partial charge in [0.15, 0.2) is 0 Å². The lowest BCUT2D eigenvalue weighted by Gasteiger charge is -2.36. The monoisotopic (exact) mass is 240 g/mol. The van der Waals surface area contributed by atoms with Gasteiger partial charge in [-0.1, -0.05) is 20.8 Å². The third kappa shape index (κ3) is 6.42. The van der Waals surface area contributed by atoms with Crippen molar-refractivity contribution in [2.45, 2.75) is 59.4 Å². The van der Waals surface area contributed by atoms with Crippen molar-refractivity contribution in [2.75, 3.05) is 26.2 Å². The molecule has 2 heteroatoms. The second-order valence-electron chi connectivity index (χ2n) is 6.30. The van der Waals surface area contributed by atoms with Gasteiger partial charge < -0.3 is 5.32 Å². The average molecular weight is 240 g/mol. The molecule has 0 aromatic rings. The number of hydrogen-bond donors (Lipinski definition) is 1. The molecule has 0 saturated carbocycles. The van der Waals surface area contributed by atoms with Crippen LogP contribution in [0.3, 0.4) is 0 Å². The minimum atomic E-state index is 0.788. The molecule has 1 saturated heterocycles. The fraction of sp³-hybridized carbons (Fsp3) is 1.00. The maximum Gasteiger partial charge on any atom is 0.0110 e. The molecule has 0 aliphatic carbocycles. The van der Waals surface area contributed by atoms with Crippen LogP contribution in [-0.4, -0.2) is 37.1 Å². The summed E-state index contributed by atoms with van der Waals surface area (Å²) in [6, 6.07) is 0.788. The van der Waals surface area contributed by atoms with Crippen LogP contribution in [0.15, 0.2) is 0 Å². The molecule has 0 spiro atoms.